The number of rotatable bonds is 13. The van der Waals surface area contributed by atoms with E-state index in [-0.39, 0.29) is 30.6 Å². The summed E-state index contributed by atoms with van der Waals surface area (Å²) in [5.41, 5.74) is 4.51. The number of aryl methyl sites for hydroxylation is 2. The van der Waals surface area contributed by atoms with Crippen LogP contribution in [0.25, 0.3) is 0 Å². The van der Waals surface area contributed by atoms with Gasteiger partial charge in [-0.15, -0.1) is 5.10 Å². The van der Waals surface area contributed by atoms with Crippen LogP contribution in [0.2, 0.25) is 18.6 Å². The number of aromatic nitrogens is 3. The maximum atomic E-state index is 12.4. The Morgan fingerprint density at radius 2 is 1.73 bits per heavy atom. The van der Waals surface area contributed by atoms with Crippen LogP contribution >= 0.6 is 0 Å². The second kappa shape index (κ2) is 15.2. The second-order valence-electron chi connectivity index (χ2n) is 14.1. The van der Waals surface area contributed by atoms with Crippen LogP contribution in [0.1, 0.15) is 61.8 Å². The number of amides is 1. The van der Waals surface area contributed by atoms with Gasteiger partial charge in [-0.3, -0.25) is 9.48 Å². The molecule has 3 aromatic carbocycles. The normalized spacial score (nSPS) is 22.2. The number of methoxy groups -OCH3 is 1. The number of carbonyl (C=O) groups excluding carboxylic acids is 1. The molecule has 48 heavy (non-hydrogen) atoms. The quantitative estimate of drug-likeness (QED) is 0.168. The van der Waals surface area contributed by atoms with Crippen LogP contribution < -0.4 is 14.8 Å². The van der Waals surface area contributed by atoms with Crippen LogP contribution in [0.4, 0.5) is 5.69 Å². The second-order valence-corrected chi connectivity index (χ2v) is 18.8. The molecule has 2 saturated heterocycles. The molecule has 1 amide bonds. The third-order valence-corrected chi connectivity index (χ3v) is 15.2. The fraction of sp³-hybridized carbons (Fsp3) is 0.462. The van der Waals surface area contributed by atoms with Gasteiger partial charge in [-0.05, 0) is 79.0 Å². The molecule has 0 saturated carbocycles. The smallest absolute Gasteiger partial charge is 0.226 e. The fourth-order valence-electron chi connectivity index (χ4n) is 8.04. The summed E-state index contributed by atoms with van der Waals surface area (Å²) >= 11 is 0. The van der Waals surface area contributed by atoms with Gasteiger partial charge in [-0.2, -0.15) is 0 Å². The van der Waals surface area contributed by atoms with E-state index < -0.39 is 8.07 Å². The first-order chi connectivity index (χ1) is 23.3. The van der Waals surface area contributed by atoms with E-state index in [1.54, 1.807) is 7.11 Å². The third kappa shape index (κ3) is 7.43. The molecule has 1 aromatic heterocycles. The molecular formula is C39H50N4O4Si. The van der Waals surface area contributed by atoms with Gasteiger partial charge >= 0.3 is 0 Å². The highest BCUT2D eigenvalue weighted by Crippen LogP contribution is 2.46. The number of hydrogen-bond donors (Lipinski definition) is 1. The molecule has 254 valence electrons. The fourth-order valence-corrected chi connectivity index (χ4v) is 12.2. The zero-order chi connectivity index (χ0) is 33.7. The van der Waals surface area contributed by atoms with Gasteiger partial charge in [0.1, 0.15) is 5.75 Å². The topological polar surface area (TPSA) is 89.7 Å². The first-order valence-corrected chi connectivity index (χ1v) is 20.6. The number of ether oxygens (including phenoxy) is 2. The highest BCUT2D eigenvalue weighted by atomic mass is 28.3. The molecule has 4 aromatic rings. The lowest BCUT2D eigenvalue weighted by molar-refractivity contribution is -0.119. The highest BCUT2D eigenvalue weighted by Gasteiger charge is 2.50. The summed E-state index contributed by atoms with van der Waals surface area (Å²) in [7, 11) is -0.276. The van der Waals surface area contributed by atoms with Crippen LogP contribution in [0.15, 0.2) is 85.1 Å². The average Bonchev–Trinajstić information content (AvgIpc) is 3.71. The largest absolute Gasteiger partial charge is 0.497 e. The van der Waals surface area contributed by atoms with Crippen molar-refractivity contribution in [3.63, 3.8) is 0 Å². The highest BCUT2D eigenvalue weighted by molar-refractivity contribution is 6.91. The Labute approximate surface area is 286 Å². The van der Waals surface area contributed by atoms with E-state index in [2.05, 4.69) is 78.9 Å². The molecule has 0 bridgehead atoms. The lowest BCUT2D eigenvalue weighted by Crippen LogP contribution is -2.50. The van der Waals surface area contributed by atoms with Gasteiger partial charge in [0.15, 0.2) is 0 Å². The van der Waals surface area contributed by atoms with Gasteiger partial charge in [0, 0.05) is 31.4 Å². The summed E-state index contributed by atoms with van der Waals surface area (Å²) in [6.45, 7) is 8.84. The average molecular weight is 667 g/mol. The van der Waals surface area contributed by atoms with Crippen molar-refractivity contribution in [2.75, 3.05) is 25.2 Å². The minimum atomic E-state index is -1.99. The van der Waals surface area contributed by atoms with Gasteiger partial charge < -0.3 is 19.5 Å². The molecule has 0 spiro atoms. The van der Waals surface area contributed by atoms with Crippen molar-refractivity contribution in [1.29, 1.82) is 0 Å². The molecule has 3 heterocycles. The number of hydrogen-bond acceptors (Lipinski definition) is 6. The van der Waals surface area contributed by atoms with E-state index in [1.807, 2.05) is 46.1 Å². The Balaban J connectivity index is 1.17. The first kappa shape index (κ1) is 34.1. The van der Waals surface area contributed by atoms with Crippen LogP contribution in [-0.4, -0.2) is 66.6 Å². The van der Waals surface area contributed by atoms with Crippen molar-refractivity contribution in [3.8, 4) is 5.75 Å². The SMILES string of the molecule is COc1ccc([Si](C)(C)[C@H]2[C@H](C)[C@H](CCc3ccc(N4CCCCC4=O)cc3)O[C@@H]2CCn2cc(C(CO)c3ccccc3)nn2)cc1. The Morgan fingerprint density at radius 3 is 2.42 bits per heavy atom. The number of carbonyl (C=O) groups is 1. The molecule has 1 unspecified atom stereocenters. The van der Waals surface area contributed by atoms with Crippen molar-refractivity contribution < 1.29 is 19.4 Å². The Bertz CT molecular complexity index is 1630. The van der Waals surface area contributed by atoms with E-state index in [4.69, 9.17) is 9.47 Å². The van der Waals surface area contributed by atoms with Gasteiger partial charge in [0.05, 0.1) is 45.6 Å². The predicted molar refractivity (Wildman–Crippen MR) is 193 cm³/mol. The van der Waals surface area contributed by atoms with E-state index in [0.29, 0.717) is 24.4 Å². The number of nitrogens with zero attached hydrogens (tertiary/aromatic N) is 4. The maximum Gasteiger partial charge on any atom is 0.226 e. The summed E-state index contributed by atoms with van der Waals surface area (Å²) in [4.78, 5) is 14.4. The molecule has 2 aliphatic rings. The van der Waals surface area contributed by atoms with Crippen LogP contribution in [-0.2, 0) is 22.5 Å². The van der Waals surface area contributed by atoms with Gasteiger partial charge in [0.25, 0.3) is 0 Å². The van der Waals surface area contributed by atoms with E-state index in [1.165, 1.54) is 10.8 Å². The molecule has 2 aliphatic heterocycles. The van der Waals surface area contributed by atoms with Crippen molar-refractivity contribution in [1.82, 2.24) is 15.0 Å². The third-order valence-electron chi connectivity index (χ3n) is 10.8. The van der Waals surface area contributed by atoms with Crippen molar-refractivity contribution >= 4 is 24.9 Å². The summed E-state index contributed by atoms with van der Waals surface area (Å²) in [6.07, 6.45) is 7.65. The first-order valence-electron chi connectivity index (χ1n) is 17.5. The number of piperidine rings is 1. The van der Waals surface area contributed by atoms with Crippen molar-refractivity contribution in [2.45, 2.75) is 88.8 Å². The van der Waals surface area contributed by atoms with Crippen LogP contribution in [0, 0.1) is 5.92 Å². The molecule has 0 radical (unpaired) electrons. The Morgan fingerprint density at radius 1 is 0.979 bits per heavy atom. The van der Waals surface area contributed by atoms with Crippen LogP contribution in [0.3, 0.4) is 0 Å². The van der Waals surface area contributed by atoms with Gasteiger partial charge in [-0.1, -0.05) is 85.0 Å². The lowest BCUT2D eigenvalue weighted by Gasteiger charge is -2.36. The standard InChI is InChI=1S/C39H50N4O4Si/c1-28-36(22-15-29-13-16-31(17-14-29)43-24-9-8-12-38(43)45)47-37(39(28)48(3,4)33-20-18-32(46-2)19-21-33)23-25-42-26-35(40-41-42)34(27-44)30-10-6-5-7-11-30/h5-7,10-11,13-14,16-21,26,28,34,36-37,39,44H,8-9,12,15,22-25,27H2,1-4H3/t28-,34?,36+,37-,39+/m1/s1. The Hall–Kier alpha value is -3.79. The van der Waals surface area contributed by atoms with Crippen molar-refractivity contribution in [3.05, 3.63) is 102 Å². The number of benzene rings is 3. The van der Waals surface area contributed by atoms with E-state index in [9.17, 15) is 9.90 Å². The number of aliphatic hydroxyl groups excluding tert-OH is 1. The number of anilines is 1. The molecular weight excluding hydrogens is 617 g/mol. The molecule has 9 heteroatoms. The zero-order valence-corrected chi connectivity index (χ0v) is 29.8. The molecule has 8 nitrogen and oxygen atoms in total. The molecule has 2 fully saturated rings. The summed E-state index contributed by atoms with van der Waals surface area (Å²) in [5, 5.41) is 20.5. The molecule has 1 N–H and O–H groups in total. The molecule has 5 atom stereocenters. The summed E-state index contributed by atoms with van der Waals surface area (Å²) in [5.74, 6) is 1.31. The number of aliphatic hydroxyl groups is 1. The monoisotopic (exact) mass is 666 g/mol. The predicted octanol–water partition coefficient (Wildman–Crippen LogP) is 6.34. The lowest BCUT2D eigenvalue weighted by atomic mass is 9.95. The summed E-state index contributed by atoms with van der Waals surface area (Å²) < 4.78 is 14.4. The maximum absolute atomic E-state index is 12.4. The Kier molecular flexibility index (Phi) is 10.8. The van der Waals surface area contributed by atoms with Crippen LogP contribution in [0.5, 0.6) is 5.75 Å². The van der Waals surface area contributed by atoms with Crippen molar-refractivity contribution in [2.24, 2.45) is 5.92 Å². The van der Waals surface area contributed by atoms with Gasteiger partial charge in [-0.25, -0.2) is 0 Å². The zero-order valence-electron chi connectivity index (χ0n) is 28.8. The summed E-state index contributed by atoms with van der Waals surface area (Å²) in [6, 6.07) is 27.2. The van der Waals surface area contributed by atoms with E-state index in [0.717, 1.165) is 61.3 Å². The molecule has 0 aliphatic carbocycles. The minimum Gasteiger partial charge on any atom is -0.497 e. The van der Waals surface area contributed by atoms with E-state index >= 15 is 0 Å². The van der Waals surface area contributed by atoms with Gasteiger partial charge in [0.2, 0.25) is 5.91 Å². The molecule has 6 rings (SSSR count). The minimum absolute atomic E-state index is 0.0174.